The van der Waals surface area contributed by atoms with Crippen LogP contribution in [0.1, 0.15) is 11.1 Å². The van der Waals surface area contributed by atoms with E-state index in [-0.39, 0.29) is 12.5 Å². The van der Waals surface area contributed by atoms with Crippen molar-refractivity contribution in [3.63, 3.8) is 0 Å². The molecule has 1 N–H and O–H groups in total. The minimum absolute atomic E-state index is 0.135. The van der Waals surface area contributed by atoms with Crippen LogP contribution in [0.15, 0.2) is 47.4 Å². The Balaban J connectivity index is 1.55. The third kappa shape index (κ3) is 5.14. The van der Waals surface area contributed by atoms with Crippen LogP contribution in [-0.2, 0) is 14.8 Å². The third-order valence-electron chi connectivity index (χ3n) is 5.17. The van der Waals surface area contributed by atoms with Crippen molar-refractivity contribution >= 4 is 21.6 Å². The summed E-state index contributed by atoms with van der Waals surface area (Å²) in [6, 6.07) is 12.4. The summed E-state index contributed by atoms with van der Waals surface area (Å²) in [5, 5.41) is 2.85. The number of nitrogens with zero attached hydrogens (tertiary/aromatic N) is 2. The Kier molecular flexibility index (Phi) is 6.56. The van der Waals surface area contributed by atoms with E-state index in [0.29, 0.717) is 42.5 Å². The zero-order valence-corrected chi connectivity index (χ0v) is 17.8. The molecular weight excluding hydrogens is 390 g/mol. The molecule has 1 fully saturated rings. The summed E-state index contributed by atoms with van der Waals surface area (Å²) < 4.78 is 32.4. The number of carbonyl (C=O) groups is 1. The van der Waals surface area contributed by atoms with Gasteiger partial charge >= 0.3 is 0 Å². The molecule has 7 nitrogen and oxygen atoms in total. The Morgan fingerprint density at radius 2 is 1.76 bits per heavy atom. The normalized spacial score (nSPS) is 15.8. The van der Waals surface area contributed by atoms with Gasteiger partial charge in [-0.3, -0.25) is 9.69 Å². The molecule has 1 saturated heterocycles. The van der Waals surface area contributed by atoms with Crippen LogP contribution in [0.3, 0.4) is 0 Å². The molecule has 3 rings (SSSR count). The van der Waals surface area contributed by atoms with Crippen molar-refractivity contribution in [2.45, 2.75) is 18.7 Å². The number of anilines is 1. The van der Waals surface area contributed by atoms with Gasteiger partial charge in [-0.15, -0.1) is 0 Å². The maximum absolute atomic E-state index is 12.9. The van der Waals surface area contributed by atoms with Crippen LogP contribution < -0.4 is 10.1 Å². The lowest BCUT2D eigenvalue weighted by Gasteiger charge is -2.33. The molecule has 29 heavy (non-hydrogen) atoms. The van der Waals surface area contributed by atoms with Crippen molar-refractivity contribution in [3.05, 3.63) is 53.6 Å². The predicted molar refractivity (Wildman–Crippen MR) is 113 cm³/mol. The van der Waals surface area contributed by atoms with Crippen molar-refractivity contribution in [2.24, 2.45) is 0 Å². The average Bonchev–Trinajstić information content (AvgIpc) is 2.70. The minimum Gasteiger partial charge on any atom is -0.497 e. The molecule has 0 atom stereocenters. The second kappa shape index (κ2) is 8.94. The van der Waals surface area contributed by atoms with Crippen LogP contribution in [0, 0.1) is 13.8 Å². The first-order chi connectivity index (χ1) is 13.8. The number of methoxy groups -OCH3 is 1. The lowest BCUT2D eigenvalue weighted by atomic mass is 10.1. The lowest BCUT2D eigenvalue weighted by molar-refractivity contribution is -0.117. The van der Waals surface area contributed by atoms with Crippen LogP contribution in [0.2, 0.25) is 0 Å². The summed E-state index contributed by atoms with van der Waals surface area (Å²) in [6.07, 6.45) is 0. The Bertz CT molecular complexity index is 983. The number of hydrogen-bond acceptors (Lipinski definition) is 5. The van der Waals surface area contributed by atoms with E-state index >= 15 is 0 Å². The third-order valence-corrected chi connectivity index (χ3v) is 7.06. The van der Waals surface area contributed by atoms with Crippen LogP contribution in [-0.4, -0.2) is 63.4 Å². The van der Waals surface area contributed by atoms with Gasteiger partial charge in [0.1, 0.15) is 5.75 Å². The van der Waals surface area contributed by atoms with Gasteiger partial charge in [-0.25, -0.2) is 8.42 Å². The molecule has 156 valence electrons. The maximum Gasteiger partial charge on any atom is 0.243 e. The predicted octanol–water partition coefficient (Wildman–Crippen LogP) is 2.26. The highest BCUT2D eigenvalue weighted by molar-refractivity contribution is 7.89. The first-order valence-corrected chi connectivity index (χ1v) is 11.0. The molecule has 1 aliphatic heterocycles. The SMILES string of the molecule is COc1cccc(NC(=O)CN2CCN(S(=O)(=O)c3ccc(C)c(C)c3)CC2)c1. The van der Waals surface area contributed by atoms with E-state index in [4.69, 9.17) is 4.74 Å². The molecule has 2 aromatic carbocycles. The molecule has 0 aromatic heterocycles. The average molecular weight is 418 g/mol. The number of ether oxygens (including phenoxy) is 1. The van der Waals surface area contributed by atoms with Crippen molar-refractivity contribution in [3.8, 4) is 5.75 Å². The topological polar surface area (TPSA) is 79.0 Å². The number of carbonyl (C=O) groups excluding carboxylic acids is 1. The lowest BCUT2D eigenvalue weighted by Crippen LogP contribution is -2.50. The molecule has 0 radical (unpaired) electrons. The van der Waals surface area contributed by atoms with Crippen LogP contribution >= 0.6 is 0 Å². The second-order valence-corrected chi connectivity index (χ2v) is 9.14. The van der Waals surface area contributed by atoms with Crippen molar-refractivity contribution in [2.75, 3.05) is 45.2 Å². The van der Waals surface area contributed by atoms with E-state index in [2.05, 4.69) is 5.32 Å². The van der Waals surface area contributed by atoms with Crippen LogP contribution in [0.4, 0.5) is 5.69 Å². The molecule has 0 aliphatic carbocycles. The summed E-state index contributed by atoms with van der Waals surface area (Å²) in [5.41, 5.74) is 2.69. The highest BCUT2D eigenvalue weighted by atomic mass is 32.2. The van der Waals surface area contributed by atoms with Gasteiger partial charge in [-0.1, -0.05) is 12.1 Å². The largest absolute Gasteiger partial charge is 0.497 e. The van der Waals surface area contributed by atoms with Crippen molar-refractivity contribution in [1.29, 1.82) is 0 Å². The second-order valence-electron chi connectivity index (χ2n) is 7.21. The van der Waals surface area contributed by atoms with Gasteiger partial charge in [0.25, 0.3) is 0 Å². The fourth-order valence-electron chi connectivity index (χ4n) is 3.26. The number of rotatable bonds is 6. The first kappa shape index (κ1) is 21.3. The highest BCUT2D eigenvalue weighted by Gasteiger charge is 2.29. The van der Waals surface area contributed by atoms with Gasteiger partial charge < -0.3 is 10.1 Å². The summed E-state index contributed by atoms with van der Waals surface area (Å²) in [7, 11) is -1.94. The maximum atomic E-state index is 12.9. The molecular formula is C21H27N3O4S. The summed E-state index contributed by atoms with van der Waals surface area (Å²) >= 11 is 0. The van der Waals surface area contributed by atoms with Crippen LogP contribution in [0.25, 0.3) is 0 Å². The fraction of sp³-hybridized carbons (Fsp3) is 0.381. The van der Waals surface area contributed by atoms with E-state index in [1.54, 1.807) is 31.4 Å². The van der Waals surface area contributed by atoms with Gasteiger partial charge in [-0.05, 0) is 49.2 Å². The first-order valence-electron chi connectivity index (χ1n) is 9.53. The van der Waals surface area contributed by atoms with E-state index < -0.39 is 10.0 Å². The number of aryl methyl sites for hydroxylation is 2. The van der Waals surface area contributed by atoms with Crippen molar-refractivity contribution < 1.29 is 17.9 Å². The minimum atomic E-state index is -3.52. The Labute approximate surface area is 172 Å². The summed E-state index contributed by atoms with van der Waals surface area (Å²) in [6.45, 7) is 5.83. The zero-order valence-electron chi connectivity index (χ0n) is 17.0. The van der Waals surface area contributed by atoms with E-state index in [0.717, 1.165) is 11.1 Å². The Morgan fingerprint density at radius 1 is 1.03 bits per heavy atom. The Hall–Kier alpha value is -2.42. The molecule has 8 heteroatoms. The van der Waals surface area contributed by atoms with Gasteiger partial charge in [0.05, 0.1) is 18.6 Å². The van der Waals surface area contributed by atoms with Gasteiger partial charge in [0, 0.05) is 37.9 Å². The summed E-state index contributed by atoms with van der Waals surface area (Å²) in [5.74, 6) is 0.539. The number of hydrogen-bond donors (Lipinski definition) is 1. The number of sulfonamides is 1. The summed E-state index contributed by atoms with van der Waals surface area (Å²) in [4.78, 5) is 14.6. The smallest absolute Gasteiger partial charge is 0.243 e. The standard InChI is InChI=1S/C21H27N3O4S/c1-16-7-8-20(13-17(16)2)29(26,27)24-11-9-23(10-12-24)15-21(25)22-18-5-4-6-19(14-18)28-3/h4-8,13-14H,9-12,15H2,1-3H3,(H,22,25). The molecule has 1 heterocycles. The van der Waals surface area contributed by atoms with E-state index in [1.807, 2.05) is 36.9 Å². The molecule has 1 aliphatic rings. The highest BCUT2D eigenvalue weighted by Crippen LogP contribution is 2.21. The van der Waals surface area contributed by atoms with Gasteiger partial charge in [-0.2, -0.15) is 4.31 Å². The molecule has 0 spiro atoms. The fourth-order valence-corrected chi connectivity index (χ4v) is 4.76. The quantitative estimate of drug-likeness (QED) is 0.780. The Morgan fingerprint density at radius 3 is 2.41 bits per heavy atom. The molecule has 0 unspecified atom stereocenters. The number of amides is 1. The van der Waals surface area contributed by atoms with E-state index in [9.17, 15) is 13.2 Å². The van der Waals surface area contributed by atoms with Crippen molar-refractivity contribution in [1.82, 2.24) is 9.21 Å². The molecule has 0 bridgehead atoms. The van der Waals surface area contributed by atoms with Crippen LogP contribution in [0.5, 0.6) is 5.75 Å². The van der Waals surface area contributed by atoms with E-state index in [1.165, 1.54) is 4.31 Å². The molecule has 0 saturated carbocycles. The van der Waals surface area contributed by atoms with Gasteiger partial charge in [0.15, 0.2) is 0 Å². The number of piperazine rings is 1. The van der Waals surface area contributed by atoms with Gasteiger partial charge in [0.2, 0.25) is 15.9 Å². The number of benzene rings is 2. The monoisotopic (exact) mass is 417 g/mol. The number of nitrogens with one attached hydrogen (secondary N) is 1. The molecule has 1 amide bonds. The zero-order chi connectivity index (χ0) is 21.0. The molecule has 2 aromatic rings.